The molecule has 22 heavy (non-hydrogen) atoms. The van der Waals surface area contributed by atoms with E-state index in [0.29, 0.717) is 29.9 Å². The first-order chi connectivity index (χ1) is 10.9. The fourth-order valence-corrected chi connectivity index (χ4v) is 5.62. The molecule has 3 aromatic carbocycles. The van der Waals surface area contributed by atoms with Crippen LogP contribution in [0.5, 0.6) is 0 Å². The van der Waals surface area contributed by atoms with Crippen LogP contribution in [-0.2, 0) is 10.6 Å². The molecular weight excluding hydrogens is 398 g/mol. The normalized spacial score (nSPS) is 10.5. The summed E-state index contributed by atoms with van der Waals surface area (Å²) in [6.07, 6.45) is 0. The van der Waals surface area contributed by atoms with Gasteiger partial charge in [-0.25, -0.2) is 0 Å². The quantitative estimate of drug-likeness (QED) is 0.543. The number of hydrogen-bond donors (Lipinski definition) is 0. The van der Waals surface area contributed by atoms with Crippen molar-refractivity contribution in [2.45, 2.75) is 10.6 Å². The van der Waals surface area contributed by atoms with Gasteiger partial charge in [0.15, 0.2) is 0 Å². The molecule has 0 aliphatic carbocycles. The molecule has 0 atom stereocenters. The van der Waals surface area contributed by atoms with Crippen molar-refractivity contribution in [3.8, 4) is 0 Å². The molecule has 2 heteroatoms. The van der Waals surface area contributed by atoms with E-state index in [1.165, 1.54) is 20.1 Å². The monoisotopic (exact) mass is 417 g/mol. The zero-order valence-electron chi connectivity index (χ0n) is 12.2. The molecule has 0 aliphatic heterocycles. The van der Waals surface area contributed by atoms with Gasteiger partial charge >= 0.3 is 146 Å². The Labute approximate surface area is 145 Å². The summed E-state index contributed by atoms with van der Waals surface area (Å²) < 4.78 is 2.92. The molecule has 0 nitrogen and oxygen atoms in total. The summed E-state index contributed by atoms with van der Waals surface area (Å²) >= 11 is 1.00. The van der Waals surface area contributed by atoms with Gasteiger partial charge in [0.25, 0.3) is 0 Å². The number of rotatable bonds is 6. The Bertz CT molecular complexity index is 634. The molecular formula is C20H17Se2. The van der Waals surface area contributed by atoms with Crippen molar-refractivity contribution in [1.82, 2.24) is 0 Å². The standard InChI is InChI=1S/C20H17Se2/c1-3-10-19(11-4-1)21-15-17-8-7-9-18(14-17)16-22-20-12-5-2-6-13-20/h1-13H,15-16H2. The van der Waals surface area contributed by atoms with Crippen molar-refractivity contribution in [1.29, 1.82) is 0 Å². The Kier molecular flexibility index (Phi) is 5.93. The molecule has 0 aromatic heterocycles. The fraction of sp³-hybridized carbons (Fsp3) is 0.100. The zero-order valence-corrected chi connectivity index (χ0v) is 15.7. The van der Waals surface area contributed by atoms with Crippen molar-refractivity contribution < 1.29 is 0 Å². The minimum atomic E-state index is 0.501. The summed E-state index contributed by atoms with van der Waals surface area (Å²) in [7, 11) is 0. The summed E-state index contributed by atoms with van der Waals surface area (Å²) in [5.41, 5.74) is 2.70. The van der Waals surface area contributed by atoms with E-state index < -0.39 is 0 Å². The summed E-state index contributed by atoms with van der Waals surface area (Å²) in [5.74, 6) is 0. The Hall–Kier alpha value is -1.30. The molecule has 0 fully saturated rings. The summed E-state index contributed by atoms with van der Waals surface area (Å²) in [6.45, 7) is 0. The van der Waals surface area contributed by atoms with E-state index in [2.05, 4.69) is 84.9 Å². The third kappa shape index (κ3) is 4.86. The van der Waals surface area contributed by atoms with Crippen LogP contribution in [0.1, 0.15) is 11.1 Å². The molecule has 0 saturated heterocycles. The van der Waals surface area contributed by atoms with Crippen molar-refractivity contribution in [2.75, 3.05) is 0 Å². The van der Waals surface area contributed by atoms with Crippen molar-refractivity contribution >= 4 is 38.8 Å². The first kappa shape index (κ1) is 15.6. The molecule has 0 heterocycles. The van der Waals surface area contributed by atoms with Crippen LogP contribution >= 0.6 is 0 Å². The topological polar surface area (TPSA) is 0 Å². The predicted octanol–water partition coefficient (Wildman–Crippen LogP) is 2.55. The second-order valence-corrected chi connectivity index (χ2v) is 9.31. The van der Waals surface area contributed by atoms with Gasteiger partial charge < -0.3 is 0 Å². The third-order valence-corrected chi connectivity index (χ3v) is 7.64. The van der Waals surface area contributed by atoms with Crippen LogP contribution in [0.3, 0.4) is 0 Å². The van der Waals surface area contributed by atoms with Crippen LogP contribution < -0.4 is 8.92 Å². The van der Waals surface area contributed by atoms with Crippen molar-refractivity contribution in [2.24, 2.45) is 0 Å². The molecule has 3 rings (SSSR count). The Morgan fingerprint density at radius 2 is 1.00 bits per heavy atom. The van der Waals surface area contributed by atoms with Gasteiger partial charge in [-0.1, -0.05) is 0 Å². The average molecular weight is 415 g/mol. The fourth-order valence-electron chi connectivity index (χ4n) is 2.09. The average Bonchev–Trinajstić information content (AvgIpc) is 2.60. The van der Waals surface area contributed by atoms with Crippen LogP contribution in [0.25, 0.3) is 0 Å². The Balaban J connectivity index is 1.58. The van der Waals surface area contributed by atoms with Crippen molar-refractivity contribution in [3.63, 3.8) is 0 Å². The summed E-state index contributed by atoms with van der Waals surface area (Å²) in [5, 5.41) is 2.26. The summed E-state index contributed by atoms with van der Waals surface area (Å²) in [6, 6.07) is 31.8. The van der Waals surface area contributed by atoms with Gasteiger partial charge in [-0.2, -0.15) is 0 Å². The second-order valence-electron chi connectivity index (χ2n) is 4.90. The molecule has 3 aromatic rings. The molecule has 0 N–H and O–H groups in total. The van der Waals surface area contributed by atoms with E-state index in [1.807, 2.05) is 0 Å². The molecule has 0 aliphatic rings. The molecule has 109 valence electrons. The van der Waals surface area contributed by atoms with E-state index in [1.54, 1.807) is 0 Å². The zero-order chi connectivity index (χ0) is 15.0. The Morgan fingerprint density at radius 1 is 0.545 bits per heavy atom. The molecule has 0 saturated carbocycles. The molecule has 0 bridgehead atoms. The van der Waals surface area contributed by atoms with Gasteiger partial charge in [0.05, 0.1) is 0 Å². The van der Waals surface area contributed by atoms with Crippen LogP contribution in [0.4, 0.5) is 0 Å². The number of hydrogen-bond acceptors (Lipinski definition) is 0. The van der Waals surface area contributed by atoms with Crippen LogP contribution in [0, 0.1) is 6.07 Å². The van der Waals surface area contributed by atoms with Gasteiger partial charge in [-0.15, -0.1) is 0 Å². The van der Waals surface area contributed by atoms with E-state index >= 15 is 0 Å². The molecule has 1 radical (unpaired) electrons. The number of benzene rings is 3. The minimum absolute atomic E-state index is 0.501. The second kappa shape index (κ2) is 8.36. The van der Waals surface area contributed by atoms with Gasteiger partial charge in [0, 0.05) is 0 Å². The predicted molar refractivity (Wildman–Crippen MR) is 96.3 cm³/mol. The Morgan fingerprint density at radius 3 is 1.45 bits per heavy atom. The van der Waals surface area contributed by atoms with Gasteiger partial charge in [0.2, 0.25) is 0 Å². The van der Waals surface area contributed by atoms with E-state index in [-0.39, 0.29) is 0 Å². The van der Waals surface area contributed by atoms with Gasteiger partial charge in [0.1, 0.15) is 0 Å². The van der Waals surface area contributed by atoms with E-state index in [0.717, 1.165) is 10.6 Å². The first-order valence-electron chi connectivity index (χ1n) is 7.26. The maximum absolute atomic E-state index is 3.62. The summed E-state index contributed by atoms with van der Waals surface area (Å²) in [4.78, 5) is 0. The van der Waals surface area contributed by atoms with Crippen molar-refractivity contribution in [3.05, 3.63) is 96.1 Å². The third-order valence-electron chi connectivity index (χ3n) is 3.19. The molecule has 0 amide bonds. The van der Waals surface area contributed by atoms with E-state index in [9.17, 15) is 0 Å². The maximum atomic E-state index is 3.62. The molecule has 0 spiro atoms. The van der Waals surface area contributed by atoms with Crippen LogP contribution in [-0.4, -0.2) is 29.9 Å². The van der Waals surface area contributed by atoms with Gasteiger partial charge in [-0.05, 0) is 0 Å². The first-order valence-corrected chi connectivity index (χ1v) is 11.4. The SMILES string of the molecule is [c]1c(C[Se]c2ccccc2)cccc1C[Se]c1ccccc1. The van der Waals surface area contributed by atoms with Gasteiger partial charge in [-0.3, -0.25) is 0 Å². The van der Waals surface area contributed by atoms with Crippen LogP contribution in [0.15, 0.2) is 78.9 Å². The van der Waals surface area contributed by atoms with Crippen LogP contribution in [0.2, 0.25) is 0 Å². The van der Waals surface area contributed by atoms with E-state index in [4.69, 9.17) is 0 Å². The molecule has 0 unspecified atom stereocenters.